The van der Waals surface area contributed by atoms with Gasteiger partial charge in [-0.25, -0.2) is 0 Å². The normalized spacial score (nSPS) is 27.5. The van der Waals surface area contributed by atoms with Gasteiger partial charge in [-0.05, 0) is 76.1 Å². The second-order valence-electron chi connectivity index (χ2n) is 11.2. The Labute approximate surface area is 226 Å². The van der Waals surface area contributed by atoms with Crippen molar-refractivity contribution < 1.29 is 0 Å². The zero-order chi connectivity index (χ0) is 25.4. The van der Waals surface area contributed by atoms with Crippen LogP contribution in [0, 0.1) is 0 Å². The summed E-state index contributed by atoms with van der Waals surface area (Å²) in [4.78, 5) is 10.6. The van der Waals surface area contributed by atoms with E-state index in [9.17, 15) is 0 Å². The van der Waals surface area contributed by atoms with Crippen LogP contribution in [0.15, 0.2) is 24.3 Å². The van der Waals surface area contributed by atoms with Crippen molar-refractivity contribution in [2.24, 2.45) is 0 Å². The number of fused-ring (bicyclic) bond motifs is 2. The predicted octanol–water partition coefficient (Wildman–Crippen LogP) is 0.812. The maximum absolute atomic E-state index is 3.66. The summed E-state index contributed by atoms with van der Waals surface area (Å²) in [5.41, 5.74) is 2.89. The maximum Gasteiger partial charge on any atom is 0.0507 e. The molecule has 1 aromatic carbocycles. The second-order valence-corrected chi connectivity index (χ2v) is 11.2. The summed E-state index contributed by atoms with van der Waals surface area (Å²) in [6.45, 7) is 21.5. The highest BCUT2D eigenvalue weighted by Gasteiger charge is 2.18. The number of hydrogen-bond donors (Lipinski definition) is 4. The van der Waals surface area contributed by atoms with Gasteiger partial charge >= 0.3 is 0 Å². The summed E-state index contributed by atoms with van der Waals surface area (Å²) < 4.78 is 0. The fourth-order valence-electron chi connectivity index (χ4n) is 5.74. The first-order chi connectivity index (χ1) is 18.3. The zero-order valence-electron chi connectivity index (χ0n) is 23.4. The molecule has 2 bridgehead atoms. The summed E-state index contributed by atoms with van der Waals surface area (Å²) in [6, 6.07) is 9.50. The molecule has 3 aliphatic heterocycles. The first-order valence-corrected chi connectivity index (χ1v) is 15.2. The monoisotopic (exact) mass is 514 g/mol. The van der Waals surface area contributed by atoms with Crippen LogP contribution in [0.1, 0.15) is 36.8 Å². The minimum absolute atomic E-state index is 1.05. The van der Waals surface area contributed by atoms with Gasteiger partial charge in [-0.1, -0.05) is 24.3 Å². The standard InChI is InChI=1S/C29H54N8/c1-9-30-13-14-31-11-2-17-34(21-15-32-10-1)25-28-5-7-29(8-6-28)26-35-18-3-12-33-16-22-36-19-4-20-37(27-36)24-23-35/h5-8,30-33H,1-4,9-27H2. The van der Waals surface area contributed by atoms with Crippen molar-refractivity contribution in [1.82, 2.24) is 40.9 Å². The topological polar surface area (TPSA) is 61.1 Å². The third-order valence-corrected chi connectivity index (χ3v) is 7.97. The number of benzene rings is 1. The van der Waals surface area contributed by atoms with Gasteiger partial charge in [0.15, 0.2) is 0 Å². The molecule has 2 unspecified atom stereocenters. The van der Waals surface area contributed by atoms with Crippen LogP contribution in [0.3, 0.4) is 0 Å². The van der Waals surface area contributed by atoms with Gasteiger partial charge < -0.3 is 21.3 Å². The Morgan fingerprint density at radius 3 is 1.59 bits per heavy atom. The highest BCUT2D eigenvalue weighted by molar-refractivity contribution is 5.22. The van der Waals surface area contributed by atoms with Crippen LogP contribution in [-0.4, -0.2) is 131 Å². The molecular weight excluding hydrogens is 460 g/mol. The van der Waals surface area contributed by atoms with E-state index in [4.69, 9.17) is 0 Å². The molecule has 4 rings (SSSR count). The lowest BCUT2D eigenvalue weighted by atomic mass is 10.1. The van der Waals surface area contributed by atoms with Crippen molar-refractivity contribution in [2.75, 3.05) is 111 Å². The molecule has 2 atom stereocenters. The smallest absolute Gasteiger partial charge is 0.0507 e. The molecule has 3 saturated heterocycles. The van der Waals surface area contributed by atoms with Gasteiger partial charge in [-0.3, -0.25) is 19.6 Å². The van der Waals surface area contributed by atoms with E-state index < -0.39 is 0 Å². The van der Waals surface area contributed by atoms with E-state index in [1.165, 1.54) is 76.1 Å². The van der Waals surface area contributed by atoms with E-state index in [-0.39, 0.29) is 0 Å². The average Bonchev–Trinajstić information content (AvgIpc) is 2.92. The van der Waals surface area contributed by atoms with Gasteiger partial charge in [0.2, 0.25) is 0 Å². The van der Waals surface area contributed by atoms with Crippen molar-refractivity contribution in [2.45, 2.75) is 38.8 Å². The van der Waals surface area contributed by atoms with Crippen molar-refractivity contribution >= 4 is 0 Å². The molecule has 4 N–H and O–H groups in total. The molecule has 0 saturated carbocycles. The fraction of sp³-hybridized carbons (Fsp3) is 0.793. The highest BCUT2D eigenvalue weighted by Crippen LogP contribution is 2.12. The first kappa shape index (κ1) is 28.9. The number of nitrogens with one attached hydrogen (secondary N) is 4. The largest absolute Gasteiger partial charge is 0.315 e. The number of hydrogen-bond acceptors (Lipinski definition) is 8. The van der Waals surface area contributed by atoms with Crippen LogP contribution in [0.2, 0.25) is 0 Å². The van der Waals surface area contributed by atoms with E-state index in [1.54, 1.807) is 0 Å². The molecule has 0 aliphatic carbocycles. The highest BCUT2D eigenvalue weighted by atomic mass is 15.3. The molecule has 37 heavy (non-hydrogen) atoms. The molecule has 0 aromatic heterocycles. The van der Waals surface area contributed by atoms with E-state index in [0.717, 1.165) is 85.2 Å². The van der Waals surface area contributed by atoms with Gasteiger partial charge in [0.05, 0.1) is 6.67 Å². The Kier molecular flexibility index (Phi) is 13.7. The minimum atomic E-state index is 1.05. The quantitative estimate of drug-likeness (QED) is 0.471. The summed E-state index contributed by atoms with van der Waals surface area (Å²) in [5, 5.41) is 14.4. The molecule has 0 spiro atoms. The molecule has 210 valence electrons. The van der Waals surface area contributed by atoms with Crippen molar-refractivity contribution in [3.63, 3.8) is 0 Å². The van der Waals surface area contributed by atoms with Crippen LogP contribution in [-0.2, 0) is 13.1 Å². The van der Waals surface area contributed by atoms with Gasteiger partial charge in [0.1, 0.15) is 0 Å². The lowest BCUT2D eigenvalue weighted by Gasteiger charge is -2.37. The molecule has 0 amide bonds. The van der Waals surface area contributed by atoms with Gasteiger partial charge in [0.25, 0.3) is 0 Å². The number of rotatable bonds is 4. The molecule has 8 heteroatoms. The summed E-state index contributed by atoms with van der Waals surface area (Å²) in [5.74, 6) is 0. The van der Waals surface area contributed by atoms with Crippen molar-refractivity contribution in [1.29, 1.82) is 0 Å². The predicted molar refractivity (Wildman–Crippen MR) is 155 cm³/mol. The number of nitrogens with zero attached hydrogens (tertiary/aromatic N) is 4. The lowest BCUT2D eigenvalue weighted by Crippen LogP contribution is -2.49. The van der Waals surface area contributed by atoms with Crippen LogP contribution in [0.4, 0.5) is 0 Å². The molecule has 8 nitrogen and oxygen atoms in total. The SMILES string of the molecule is c1cc(CN2CCCNCCN3CCCN(CC2)C3)ccc1CN1CCCNCCNCCCNCC1. The summed E-state index contributed by atoms with van der Waals surface area (Å²) in [7, 11) is 0. The zero-order valence-corrected chi connectivity index (χ0v) is 23.4. The molecule has 3 fully saturated rings. The van der Waals surface area contributed by atoms with E-state index in [1.807, 2.05) is 0 Å². The summed E-state index contributed by atoms with van der Waals surface area (Å²) in [6.07, 6.45) is 4.94. The van der Waals surface area contributed by atoms with Crippen LogP contribution in [0.25, 0.3) is 0 Å². The first-order valence-electron chi connectivity index (χ1n) is 15.2. The average molecular weight is 515 g/mol. The second kappa shape index (κ2) is 17.5. The van der Waals surface area contributed by atoms with Crippen LogP contribution in [0.5, 0.6) is 0 Å². The molecular formula is C29H54N8. The summed E-state index contributed by atoms with van der Waals surface area (Å²) >= 11 is 0. The Bertz CT molecular complexity index is 700. The third kappa shape index (κ3) is 11.7. The minimum Gasteiger partial charge on any atom is -0.315 e. The van der Waals surface area contributed by atoms with E-state index in [2.05, 4.69) is 65.1 Å². The molecule has 0 radical (unpaired) electrons. The Morgan fingerprint density at radius 2 is 0.946 bits per heavy atom. The van der Waals surface area contributed by atoms with Gasteiger partial charge in [0, 0.05) is 78.5 Å². The van der Waals surface area contributed by atoms with Crippen LogP contribution < -0.4 is 21.3 Å². The fourth-order valence-corrected chi connectivity index (χ4v) is 5.74. The lowest BCUT2D eigenvalue weighted by molar-refractivity contribution is 0.0733. The van der Waals surface area contributed by atoms with Crippen molar-refractivity contribution in [3.8, 4) is 0 Å². The van der Waals surface area contributed by atoms with E-state index >= 15 is 0 Å². The Hall–Kier alpha value is -1.10. The van der Waals surface area contributed by atoms with Gasteiger partial charge in [-0.2, -0.15) is 0 Å². The third-order valence-electron chi connectivity index (χ3n) is 7.97. The van der Waals surface area contributed by atoms with Crippen LogP contribution >= 0.6 is 0 Å². The molecule has 1 aromatic rings. The molecule has 3 heterocycles. The Balaban J connectivity index is 1.26. The molecule has 3 aliphatic rings. The maximum atomic E-state index is 3.66. The van der Waals surface area contributed by atoms with Crippen molar-refractivity contribution in [3.05, 3.63) is 35.4 Å². The van der Waals surface area contributed by atoms with E-state index in [0.29, 0.717) is 0 Å². The Morgan fingerprint density at radius 1 is 0.432 bits per heavy atom. The van der Waals surface area contributed by atoms with Gasteiger partial charge in [-0.15, -0.1) is 0 Å².